The molecule has 1 aromatic rings. The van der Waals surface area contributed by atoms with Gasteiger partial charge in [0.25, 0.3) is 5.91 Å². The highest BCUT2D eigenvalue weighted by Gasteiger charge is 2.34. The fourth-order valence-corrected chi connectivity index (χ4v) is 4.42. The molecule has 1 aromatic carbocycles. The zero-order valence-corrected chi connectivity index (χ0v) is 14.4. The van der Waals surface area contributed by atoms with Crippen LogP contribution >= 0.6 is 11.8 Å². The maximum Gasteiger partial charge on any atom is 0.286 e. The number of piperazine rings is 1. The van der Waals surface area contributed by atoms with Crippen molar-refractivity contribution < 1.29 is 4.79 Å². The molecular weight excluding hydrogens is 318 g/mol. The molecule has 3 aliphatic heterocycles. The lowest BCUT2D eigenvalue weighted by Gasteiger charge is -2.38. The van der Waals surface area contributed by atoms with Crippen LogP contribution in [0.1, 0.15) is 18.4 Å². The van der Waals surface area contributed by atoms with E-state index in [0.29, 0.717) is 10.9 Å². The number of carbonyl (C=O) groups excluding carboxylic acids is 1. The van der Waals surface area contributed by atoms with Gasteiger partial charge in [-0.15, -0.1) is 0 Å². The van der Waals surface area contributed by atoms with E-state index < -0.39 is 0 Å². The van der Waals surface area contributed by atoms with E-state index in [0.717, 1.165) is 30.4 Å². The Morgan fingerprint density at radius 2 is 2.04 bits per heavy atom. The summed E-state index contributed by atoms with van der Waals surface area (Å²) < 4.78 is 0. The van der Waals surface area contributed by atoms with Crippen molar-refractivity contribution in [3.63, 3.8) is 0 Å². The molecule has 2 fully saturated rings. The van der Waals surface area contributed by atoms with Crippen LogP contribution in [0, 0.1) is 0 Å². The molecular formula is C19H21N3OS. The second-order valence-corrected chi connectivity index (χ2v) is 7.39. The summed E-state index contributed by atoms with van der Waals surface area (Å²) in [6, 6.07) is 10.7. The van der Waals surface area contributed by atoms with Gasteiger partial charge in [-0.25, -0.2) is 0 Å². The van der Waals surface area contributed by atoms with Crippen molar-refractivity contribution in [1.82, 2.24) is 9.80 Å². The van der Waals surface area contributed by atoms with Gasteiger partial charge in [-0.1, -0.05) is 42.5 Å². The molecule has 4 rings (SSSR count). The smallest absolute Gasteiger partial charge is 0.286 e. The number of allylic oxidation sites excluding steroid dienone is 2. The summed E-state index contributed by atoms with van der Waals surface area (Å²) in [7, 11) is 0. The Morgan fingerprint density at radius 3 is 2.92 bits per heavy atom. The van der Waals surface area contributed by atoms with E-state index in [-0.39, 0.29) is 5.91 Å². The molecule has 1 atom stereocenters. The first kappa shape index (κ1) is 15.7. The Balaban J connectivity index is 1.40. The normalized spacial score (nSPS) is 26.4. The first-order valence-electron chi connectivity index (χ1n) is 8.53. The maximum absolute atomic E-state index is 12.1. The highest BCUT2D eigenvalue weighted by Crippen LogP contribution is 2.31. The summed E-state index contributed by atoms with van der Waals surface area (Å²) in [6.45, 7) is 4.30. The van der Waals surface area contributed by atoms with E-state index in [1.807, 2.05) is 48.6 Å². The van der Waals surface area contributed by atoms with Gasteiger partial charge in [0.1, 0.15) is 0 Å². The van der Waals surface area contributed by atoms with E-state index in [1.165, 1.54) is 31.1 Å². The van der Waals surface area contributed by atoms with Crippen molar-refractivity contribution >= 4 is 28.9 Å². The molecule has 3 aliphatic rings. The van der Waals surface area contributed by atoms with E-state index in [2.05, 4.69) is 14.8 Å². The molecule has 2 saturated heterocycles. The minimum atomic E-state index is -0.110. The van der Waals surface area contributed by atoms with E-state index >= 15 is 0 Å². The second-order valence-electron chi connectivity index (χ2n) is 6.38. The van der Waals surface area contributed by atoms with E-state index in [1.54, 1.807) is 0 Å². The summed E-state index contributed by atoms with van der Waals surface area (Å²) in [6.07, 6.45) is 8.39. The summed E-state index contributed by atoms with van der Waals surface area (Å²) in [5, 5.41) is 0.880. The third-order valence-corrected chi connectivity index (χ3v) is 5.87. The molecule has 5 heteroatoms. The van der Waals surface area contributed by atoms with Crippen molar-refractivity contribution in [2.45, 2.75) is 18.9 Å². The van der Waals surface area contributed by atoms with Gasteiger partial charge < -0.3 is 4.90 Å². The van der Waals surface area contributed by atoms with Crippen molar-refractivity contribution in [2.24, 2.45) is 4.99 Å². The summed E-state index contributed by atoms with van der Waals surface area (Å²) in [5.41, 5.74) is 1.13. The number of amidine groups is 1. The van der Waals surface area contributed by atoms with Crippen molar-refractivity contribution in [1.29, 1.82) is 0 Å². The number of carbonyl (C=O) groups is 1. The van der Waals surface area contributed by atoms with Crippen LogP contribution in [0.5, 0.6) is 0 Å². The number of rotatable bonds is 2. The Bertz CT molecular complexity index is 711. The largest absolute Gasteiger partial charge is 0.348 e. The SMILES string of the molecule is O=C1N=C(N2CCN3CCCC3C2)S/C1=C\C=C\c1ccccc1. The first-order valence-corrected chi connectivity index (χ1v) is 9.34. The molecule has 0 aliphatic carbocycles. The van der Waals surface area contributed by atoms with Crippen LogP contribution in [0.15, 0.2) is 52.4 Å². The molecule has 4 nitrogen and oxygen atoms in total. The number of nitrogens with zero attached hydrogens (tertiary/aromatic N) is 3. The van der Waals surface area contributed by atoms with Crippen LogP contribution in [0.25, 0.3) is 6.08 Å². The number of hydrogen-bond donors (Lipinski definition) is 0. The molecule has 124 valence electrons. The Labute approximate surface area is 146 Å². The monoisotopic (exact) mass is 339 g/mol. The molecule has 3 heterocycles. The minimum Gasteiger partial charge on any atom is -0.348 e. The lowest BCUT2D eigenvalue weighted by Crippen LogP contribution is -2.51. The quantitative estimate of drug-likeness (QED) is 0.776. The summed E-state index contributed by atoms with van der Waals surface area (Å²) in [4.78, 5) is 22.0. The van der Waals surface area contributed by atoms with Gasteiger partial charge in [-0.2, -0.15) is 4.99 Å². The molecule has 24 heavy (non-hydrogen) atoms. The Kier molecular flexibility index (Phi) is 4.54. The minimum absolute atomic E-state index is 0.110. The van der Waals surface area contributed by atoms with Crippen LogP contribution in [-0.2, 0) is 4.79 Å². The molecule has 0 N–H and O–H groups in total. The molecule has 0 radical (unpaired) electrons. The zero-order valence-electron chi connectivity index (χ0n) is 13.6. The number of benzene rings is 1. The zero-order chi connectivity index (χ0) is 16.4. The van der Waals surface area contributed by atoms with Crippen LogP contribution < -0.4 is 0 Å². The number of fused-ring (bicyclic) bond motifs is 1. The van der Waals surface area contributed by atoms with Gasteiger partial charge in [0, 0.05) is 25.7 Å². The van der Waals surface area contributed by atoms with Gasteiger partial charge in [0.15, 0.2) is 5.17 Å². The lowest BCUT2D eigenvalue weighted by molar-refractivity contribution is -0.113. The van der Waals surface area contributed by atoms with Crippen molar-refractivity contribution in [3.8, 4) is 0 Å². The Morgan fingerprint density at radius 1 is 1.17 bits per heavy atom. The van der Waals surface area contributed by atoms with Crippen molar-refractivity contribution in [2.75, 3.05) is 26.2 Å². The number of amides is 1. The molecule has 1 amide bonds. The average molecular weight is 339 g/mol. The third-order valence-electron chi connectivity index (χ3n) is 4.80. The number of hydrogen-bond acceptors (Lipinski definition) is 4. The fourth-order valence-electron chi connectivity index (χ4n) is 3.52. The summed E-state index contributed by atoms with van der Waals surface area (Å²) in [5.74, 6) is -0.110. The first-order chi connectivity index (χ1) is 11.8. The van der Waals surface area contributed by atoms with Crippen LogP contribution in [-0.4, -0.2) is 53.1 Å². The van der Waals surface area contributed by atoms with E-state index in [4.69, 9.17) is 0 Å². The highest BCUT2D eigenvalue weighted by molar-refractivity contribution is 8.18. The van der Waals surface area contributed by atoms with Gasteiger partial charge >= 0.3 is 0 Å². The fraction of sp³-hybridized carbons (Fsp3) is 0.368. The number of thioether (sulfide) groups is 1. The second kappa shape index (κ2) is 6.95. The molecule has 0 spiro atoms. The average Bonchev–Trinajstić information content (AvgIpc) is 3.22. The van der Waals surface area contributed by atoms with Crippen LogP contribution in [0.4, 0.5) is 0 Å². The van der Waals surface area contributed by atoms with Gasteiger partial charge in [0.2, 0.25) is 0 Å². The Hall–Kier alpha value is -1.85. The maximum atomic E-state index is 12.1. The predicted octanol–water partition coefficient (Wildman–Crippen LogP) is 2.99. The van der Waals surface area contributed by atoms with Crippen molar-refractivity contribution in [3.05, 3.63) is 53.0 Å². The van der Waals surface area contributed by atoms with Crippen LogP contribution in [0.2, 0.25) is 0 Å². The topological polar surface area (TPSA) is 35.9 Å². The highest BCUT2D eigenvalue weighted by atomic mass is 32.2. The summed E-state index contributed by atoms with van der Waals surface area (Å²) >= 11 is 1.51. The van der Waals surface area contributed by atoms with Gasteiger partial charge in [-0.05, 0) is 42.8 Å². The molecule has 0 saturated carbocycles. The lowest BCUT2D eigenvalue weighted by atomic mass is 10.2. The predicted molar refractivity (Wildman–Crippen MR) is 99.8 cm³/mol. The third kappa shape index (κ3) is 3.32. The van der Waals surface area contributed by atoms with E-state index in [9.17, 15) is 4.79 Å². The van der Waals surface area contributed by atoms with Crippen LogP contribution in [0.3, 0.4) is 0 Å². The molecule has 0 aromatic heterocycles. The van der Waals surface area contributed by atoms with Gasteiger partial charge in [0.05, 0.1) is 4.91 Å². The standard InChI is InChI=1S/C19H21N3OS/c23-18-17(10-4-8-15-6-2-1-3-7-15)24-19(20-18)22-13-12-21-11-5-9-16(21)14-22/h1-4,6-8,10,16H,5,9,11-14H2/b8-4+,17-10-. The molecule has 1 unspecified atom stereocenters. The number of aliphatic imine (C=N–C) groups is 1. The molecule has 0 bridgehead atoms. The van der Waals surface area contributed by atoms with Gasteiger partial charge in [-0.3, -0.25) is 9.69 Å².